The van der Waals surface area contributed by atoms with Gasteiger partial charge in [0.2, 0.25) is 0 Å². The summed E-state index contributed by atoms with van der Waals surface area (Å²) in [7, 11) is 5.14. The van der Waals surface area contributed by atoms with Crippen molar-refractivity contribution in [3.8, 4) is 11.5 Å². The molecule has 2 aromatic carbocycles. The molecule has 1 aliphatic rings. The second-order valence-electron chi connectivity index (χ2n) is 8.44. The van der Waals surface area contributed by atoms with Gasteiger partial charge in [0.05, 0.1) is 32.6 Å². The fourth-order valence-corrected chi connectivity index (χ4v) is 4.90. The SMILES string of the molecule is COc1cc2c3cnn(CN4CCC(c5ccccc5)CC4)c(=O)c3n(C)c2cc1OC. The molecule has 2 aromatic heterocycles. The van der Waals surface area contributed by atoms with Crippen LogP contribution >= 0.6 is 0 Å². The van der Waals surface area contributed by atoms with E-state index in [1.807, 2.05) is 23.7 Å². The molecule has 0 N–H and O–H groups in total. The highest BCUT2D eigenvalue weighted by atomic mass is 16.5. The Morgan fingerprint density at radius 1 is 1.00 bits per heavy atom. The molecule has 4 aromatic rings. The van der Waals surface area contributed by atoms with E-state index in [2.05, 4.69) is 40.3 Å². The second kappa shape index (κ2) is 8.31. The minimum absolute atomic E-state index is 0.0793. The van der Waals surface area contributed by atoms with Crippen molar-refractivity contribution in [2.45, 2.75) is 25.4 Å². The van der Waals surface area contributed by atoms with Crippen molar-refractivity contribution in [3.05, 3.63) is 64.6 Å². The van der Waals surface area contributed by atoms with Gasteiger partial charge >= 0.3 is 0 Å². The molecule has 0 bridgehead atoms. The number of aromatic nitrogens is 3. The fourth-order valence-electron chi connectivity index (χ4n) is 4.90. The Morgan fingerprint density at radius 2 is 1.69 bits per heavy atom. The molecular formula is C25H28N4O3. The predicted molar refractivity (Wildman–Crippen MR) is 126 cm³/mol. The molecule has 0 amide bonds. The van der Waals surface area contributed by atoms with E-state index >= 15 is 0 Å². The van der Waals surface area contributed by atoms with Gasteiger partial charge in [0.1, 0.15) is 5.52 Å². The molecule has 32 heavy (non-hydrogen) atoms. The molecule has 1 saturated heterocycles. The van der Waals surface area contributed by atoms with Crippen molar-refractivity contribution in [2.24, 2.45) is 7.05 Å². The number of ether oxygens (including phenoxy) is 2. The van der Waals surface area contributed by atoms with Gasteiger partial charge < -0.3 is 14.0 Å². The molecule has 0 spiro atoms. The molecule has 166 valence electrons. The predicted octanol–water partition coefficient (Wildman–Crippen LogP) is 3.74. The van der Waals surface area contributed by atoms with Crippen molar-refractivity contribution < 1.29 is 9.47 Å². The van der Waals surface area contributed by atoms with Crippen molar-refractivity contribution >= 4 is 21.8 Å². The van der Waals surface area contributed by atoms with Gasteiger partial charge in [-0.25, -0.2) is 4.68 Å². The number of piperidine rings is 1. The van der Waals surface area contributed by atoms with E-state index in [1.165, 1.54) is 5.56 Å². The number of nitrogens with zero attached hydrogens (tertiary/aromatic N) is 4. The Kier molecular flexibility index (Phi) is 5.35. The van der Waals surface area contributed by atoms with Crippen LogP contribution in [-0.4, -0.2) is 46.6 Å². The summed E-state index contributed by atoms with van der Waals surface area (Å²) in [6.45, 7) is 2.41. The monoisotopic (exact) mass is 432 g/mol. The van der Waals surface area contributed by atoms with Gasteiger partial charge in [-0.05, 0) is 30.4 Å². The third kappa shape index (κ3) is 3.42. The molecule has 0 atom stereocenters. The standard InChI is InChI=1S/C25H28N4O3/c1-27-21-14-23(32-3)22(31-2)13-19(21)20-15-26-29(25(30)24(20)27)16-28-11-9-18(10-12-28)17-7-5-4-6-8-17/h4-8,13-15,18H,9-12,16H2,1-3H3. The number of aryl methyl sites for hydroxylation is 1. The van der Waals surface area contributed by atoms with Crippen LogP contribution in [0.25, 0.3) is 21.8 Å². The van der Waals surface area contributed by atoms with Crippen LogP contribution in [-0.2, 0) is 13.7 Å². The van der Waals surface area contributed by atoms with E-state index in [9.17, 15) is 4.79 Å². The van der Waals surface area contributed by atoms with E-state index in [1.54, 1.807) is 25.1 Å². The van der Waals surface area contributed by atoms with E-state index in [0.29, 0.717) is 29.6 Å². The minimum atomic E-state index is -0.0793. The number of benzene rings is 2. The highest BCUT2D eigenvalue weighted by molar-refractivity contribution is 6.08. The topological polar surface area (TPSA) is 61.5 Å². The highest BCUT2D eigenvalue weighted by Crippen LogP contribution is 2.36. The quantitative estimate of drug-likeness (QED) is 0.481. The first-order valence-corrected chi connectivity index (χ1v) is 11.0. The van der Waals surface area contributed by atoms with E-state index in [4.69, 9.17) is 9.47 Å². The average Bonchev–Trinajstić information content (AvgIpc) is 3.12. The summed E-state index contributed by atoms with van der Waals surface area (Å²) in [5.74, 6) is 1.86. The summed E-state index contributed by atoms with van der Waals surface area (Å²) in [5, 5.41) is 6.27. The maximum Gasteiger partial charge on any atom is 0.292 e. The lowest BCUT2D eigenvalue weighted by atomic mass is 9.90. The average molecular weight is 433 g/mol. The molecule has 0 aliphatic carbocycles. The Hall–Kier alpha value is -3.32. The Labute approximate surface area is 186 Å². The number of hydrogen-bond donors (Lipinski definition) is 0. The first-order chi connectivity index (χ1) is 15.6. The largest absolute Gasteiger partial charge is 0.493 e. The first-order valence-electron chi connectivity index (χ1n) is 11.0. The van der Waals surface area contributed by atoms with Crippen LogP contribution in [0.4, 0.5) is 0 Å². The number of fused-ring (bicyclic) bond motifs is 3. The fraction of sp³-hybridized carbons (Fsp3) is 0.360. The molecule has 1 fully saturated rings. The van der Waals surface area contributed by atoms with Crippen molar-refractivity contribution in [1.82, 2.24) is 19.2 Å². The van der Waals surface area contributed by atoms with E-state index < -0.39 is 0 Å². The molecular weight excluding hydrogens is 404 g/mol. The van der Waals surface area contributed by atoms with Gasteiger partial charge in [0.15, 0.2) is 11.5 Å². The maximum absolute atomic E-state index is 13.4. The van der Waals surface area contributed by atoms with Gasteiger partial charge in [-0.1, -0.05) is 30.3 Å². The normalized spacial score (nSPS) is 15.5. The van der Waals surface area contributed by atoms with Crippen LogP contribution in [0.3, 0.4) is 0 Å². The van der Waals surface area contributed by atoms with Crippen molar-refractivity contribution in [1.29, 1.82) is 0 Å². The molecule has 0 saturated carbocycles. The minimum Gasteiger partial charge on any atom is -0.493 e. The van der Waals surface area contributed by atoms with E-state index in [0.717, 1.165) is 42.2 Å². The van der Waals surface area contributed by atoms with Crippen LogP contribution in [0, 0.1) is 0 Å². The smallest absolute Gasteiger partial charge is 0.292 e. The van der Waals surface area contributed by atoms with Crippen LogP contribution in [0.2, 0.25) is 0 Å². The summed E-state index contributed by atoms with van der Waals surface area (Å²) < 4.78 is 14.4. The number of likely N-dealkylation sites (tertiary alicyclic amines) is 1. The number of methoxy groups -OCH3 is 2. The van der Waals surface area contributed by atoms with Gasteiger partial charge in [0, 0.05) is 37.0 Å². The zero-order chi connectivity index (χ0) is 22.2. The molecule has 7 nitrogen and oxygen atoms in total. The Morgan fingerprint density at radius 3 is 2.38 bits per heavy atom. The first kappa shape index (κ1) is 20.6. The summed E-state index contributed by atoms with van der Waals surface area (Å²) in [4.78, 5) is 15.7. The van der Waals surface area contributed by atoms with Crippen LogP contribution in [0.5, 0.6) is 11.5 Å². The summed E-state index contributed by atoms with van der Waals surface area (Å²) in [6.07, 6.45) is 3.98. The third-order valence-corrected chi connectivity index (χ3v) is 6.70. The Balaban J connectivity index is 1.43. The van der Waals surface area contributed by atoms with Gasteiger partial charge in [-0.3, -0.25) is 9.69 Å². The molecule has 7 heteroatoms. The molecule has 5 rings (SSSR count). The van der Waals surface area contributed by atoms with Gasteiger partial charge in [-0.2, -0.15) is 5.10 Å². The van der Waals surface area contributed by atoms with E-state index in [-0.39, 0.29) is 5.56 Å². The number of rotatable bonds is 5. The summed E-state index contributed by atoms with van der Waals surface area (Å²) >= 11 is 0. The molecule has 1 aliphatic heterocycles. The molecule has 0 unspecified atom stereocenters. The van der Waals surface area contributed by atoms with Crippen LogP contribution in [0.15, 0.2) is 53.5 Å². The van der Waals surface area contributed by atoms with Gasteiger partial charge in [-0.15, -0.1) is 0 Å². The lowest BCUT2D eigenvalue weighted by Gasteiger charge is -2.32. The van der Waals surface area contributed by atoms with Gasteiger partial charge in [0.25, 0.3) is 5.56 Å². The van der Waals surface area contributed by atoms with Crippen molar-refractivity contribution in [3.63, 3.8) is 0 Å². The summed E-state index contributed by atoms with van der Waals surface area (Å²) in [5.41, 5.74) is 2.89. The van der Waals surface area contributed by atoms with Crippen LogP contribution in [0.1, 0.15) is 24.3 Å². The molecule has 3 heterocycles. The number of hydrogen-bond acceptors (Lipinski definition) is 5. The lowest BCUT2D eigenvalue weighted by molar-refractivity contribution is 0.158. The maximum atomic E-state index is 13.4. The van der Waals surface area contributed by atoms with Crippen LogP contribution < -0.4 is 15.0 Å². The molecule has 0 radical (unpaired) electrons. The second-order valence-corrected chi connectivity index (χ2v) is 8.44. The zero-order valence-corrected chi connectivity index (χ0v) is 18.7. The Bertz CT molecular complexity index is 1320. The highest BCUT2D eigenvalue weighted by Gasteiger charge is 2.22. The lowest BCUT2D eigenvalue weighted by Crippen LogP contribution is -2.38. The van der Waals surface area contributed by atoms with Crippen molar-refractivity contribution in [2.75, 3.05) is 27.3 Å². The summed E-state index contributed by atoms with van der Waals surface area (Å²) in [6, 6.07) is 14.5. The zero-order valence-electron chi connectivity index (χ0n) is 18.7. The third-order valence-electron chi connectivity index (χ3n) is 6.70.